The summed E-state index contributed by atoms with van der Waals surface area (Å²) in [5.74, 6) is 0. The molecule has 112 valence electrons. The number of fused-ring (bicyclic) bond motifs is 1. The first-order valence-corrected chi connectivity index (χ1v) is 11.0. The SMILES string of the molecule is [B]c1cc(C(C)O)c2ncn(COCC[Si](C)(C)C)c2c1. The van der Waals surface area contributed by atoms with Gasteiger partial charge in [-0.05, 0) is 19.0 Å². The summed E-state index contributed by atoms with van der Waals surface area (Å²) in [6.07, 6.45) is 1.15. The Morgan fingerprint density at radius 3 is 2.71 bits per heavy atom. The van der Waals surface area contributed by atoms with Crippen molar-refractivity contribution in [1.29, 1.82) is 0 Å². The van der Waals surface area contributed by atoms with Gasteiger partial charge in [-0.2, -0.15) is 0 Å². The first kappa shape index (κ1) is 16.3. The molecule has 1 aromatic heterocycles. The summed E-state index contributed by atoms with van der Waals surface area (Å²) in [5.41, 5.74) is 3.07. The quantitative estimate of drug-likeness (QED) is 0.657. The van der Waals surface area contributed by atoms with E-state index in [4.69, 9.17) is 12.6 Å². The molecule has 1 atom stereocenters. The van der Waals surface area contributed by atoms with Gasteiger partial charge in [0.2, 0.25) is 0 Å². The highest BCUT2D eigenvalue weighted by Gasteiger charge is 2.14. The maximum absolute atomic E-state index is 9.83. The molecular formula is C15H23BN2O2Si. The lowest BCUT2D eigenvalue weighted by molar-refractivity contribution is 0.0898. The van der Waals surface area contributed by atoms with Gasteiger partial charge in [-0.25, -0.2) is 4.98 Å². The van der Waals surface area contributed by atoms with Crippen LogP contribution in [0.5, 0.6) is 0 Å². The van der Waals surface area contributed by atoms with Gasteiger partial charge in [-0.15, -0.1) is 0 Å². The number of benzene rings is 1. The predicted molar refractivity (Wildman–Crippen MR) is 89.9 cm³/mol. The molecule has 0 spiro atoms. The Morgan fingerprint density at radius 2 is 2.10 bits per heavy atom. The monoisotopic (exact) mass is 302 g/mol. The summed E-state index contributed by atoms with van der Waals surface area (Å²) < 4.78 is 7.69. The highest BCUT2D eigenvalue weighted by molar-refractivity contribution is 6.76. The zero-order valence-electron chi connectivity index (χ0n) is 13.3. The Balaban J connectivity index is 2.15. The second-order valence-electron chi connectivity index (χ2n) is 6.72. The van der Waals surface area contributed by atoms with E-state index in [9.17, 15) is 5.11 Å². The van der Waals surface area contributed by atoms with Gasteiger partial charge in [0, 0.05) is 20.2 Å². The summed E-state index contributed by atoms with van der Waals surface area (Å²) in [5, 5.41) is 9.83. The van der Waals surface area contributed by atoms with Crippen LogP contribution in [0.25, 0.3) is 11.0 Å². The van der Waals surface area contributed by atoms with Crippen molar-refractivity contribution >= 4 is 32.4 Å². The lowest BCUT2D eigenvalue weighted by Crippen LogP contribution is -2.22. The van der Waals surface area contributed by atoms with Crippen LogP contribution in [0.2, 0.25) is 25.7 Å². The van der Waals surface area contributed by atoms with E-state index in [0.717, 1.165) is 29.2 Å². The zero-order valence-corrected chi connectivity index (χ0v) is 14.3. The van der Waals surface area contributed by atoms with E-state index in [1.54, 1.807) is 19.3 Å². The van der Waals surface area contributed by atoms with Crippen molar-refractivity contribution in [2.45, 2.75) is 45.4 Å². The number of imidazole rings is 1. The summed E-state index contributed by atoms with van der Waals surface area (Å²) in [4.78, 5) is 4.38. The molecular weight excluding hydrogens is 279 g/mol. The number of aliphatic hydroxyl groups excluding tert-OH is 1. The minimum atomic E-state index is -1.07. The van der Waals surface area contributed by atoms with Crippen LogP contribution < -0.4 is 5.46 Å². The Kier molecular flexibility index (Phi) is 4.91. The molecule has 0 amide bonds. The second kappa shape index (κ2) is 6.34. The van der Waals surface area contributed by atoms with Crippen molar-refractivity contribution in [3.05, 3.63) is 24.0 Å². The molecule has 0 saturated carbocycles. The maximum Gasteiger partial charge on any atom is 0.124 e. The van der Waals surface area contributed by atoms with Crippen LogP contribution in [-0.2, 0) is 11.5 Å². The molecule has 0 bridgehead atoms. The molecule has 2 rings (SSSR count). The Labute approximate surface area is 128 Å². The predicted octanol–water partition coefficient (Wildman–Crippen LogP) is 2.20. The van der Waals surface area contributed by atoms with Gasteiger partial charge in [0.1, 0.15) is 14.6 Å². The van der Waals surface area contributed by atoms with Crippen molar-refractivity contribution in [1.82, 2.24) is 9.55 Å². The third-order valence-electron chi connectivity index (χ3n) is 3.45. The smallest absolute Gasteiger partial charge is 0.124 e. The third-order valence-corrected chi connectivity index (χ3v) is 5.16. The highest BCUT2D eigenvalue weighted by atomic mass is 28.3. The lowest BCUT2D eigenvalue weighted by Gasteiger charge is -2.15. The topological polar surface area (TPSA) is 47.3 Å². The van der Waals surface area contributed by atoms with Crippen LogP contribution >= 0.6 is 0 Å². The minimum absolute atomic E-state index is 0.462. The van der Waals surface area contributed by atoms with Crippen LogP contribution in [-0.4, -0.2) is 37.2 Å². The summed E-state index contributed by atoms with van der Waals surface area (Å²) >= 11 is 0. The van der Waals surface area contributed by atoms with Crippen molar-refractivity contribution in [3.8, 4) is 0 Å². The summed E-state index contributed by atoms with van der Waals surface area (Å²) in [7, 11) is 4.85. The molecule has 0 aliphatic carbocycles. The number of hydrogen-bond acceptors (Lipinski definition) is 3. The average Bonchev–Trinajstić information content (AvgIpc) is 2.75. The average molecular weight is 302 g/mol. The zero-order chi connectivity index (χ0) is 15.6. The molecule has 21 heavy (non-hydrogen) atoms. The largest absolute Gasteiger partial charge is 0.389 e. The van der Waals surface area contributed by atoms with E-state index >= 15 is 0 Å². The van der Waals surface area contributed by atoms with Crippen LogP contribution in [0.4, 0.5) is 0 Å². The highest BCUT2D eigenvalue weighted by Crippen LogP contribution is 2.22. The minimum Gasteiger partial charge on any atom is -0.389 e. The molecule has 4 nitrogen and oxygen atoms in total. The molecule has 2 aromatic rings. The molecule has 6 heteroatoms. The van der Waals surface area contributed by atoms with Crippen LogP contribution in [0, 0.1) is 0 Å². The molecule has 0 aliphatic rings. The number of aromatic nitrogens is 2. The summed E-state index contributed by atoms with van der Waals surface area (Å²) in [6, 6.07) is 4.78. The molecule has 0 aliphatic heterocycles. The van der Waals surface area contributed by atoms with E-state index in [1.165, 1.54) is 0 Å². The fourth-order valence-electron chi connectivity index (χ4n) is 2.18. The van der Waals surface area contributed by atoms with Crippen molar-refractivity contribution in [2.75, 3.05) is 6.61 Å². The van der Waals surface area contributed by atoms with Gasteiger partial charge in [-0.1, -0.05) is 31.2 Å². The van der Waals surface area contributed by atoms with Crippen LogP contribution in [0.3, 0.4) is 0 Å². The number of nitrogens with zero attached hydrogens (tertiary/aromatic N) is 2. The van der Waals surface area contributed by atoms with Gasteiger partial charge in [0.25, 0.3) is 0 Å². The van der Waals surface area contributed by atoms with E-state index in [1.807, 2.05) is 10.6 Å². The molecule has 1 unspecified atom stereocenters. The maximum atomic E-state index is 9.83. The Bertz CT molecular complexity index is 620. The first-order valence-electron chi connectivity index (χ1n) is 7.28. The fourth-order valence-corrected chi connectivity index (χ4v) is 2.93. The van der Waals surface area contributed by atoms with E-state index < -0.39 is 14.2 Å². The molecule has 0 saturated heterocycles. The number of ether oxygens (including phenoxy) is 1. The lowest BCUT2D eigenvalue weighted by atomic mass is 9.92. The molecule has 0 fully saturated rings. The number of aliphatic hydroxyl groups is 1. The third kappa shape index (κ3) is 4.18. The summed E-state index contributed by atoms with van der Waals surface area (Å²) in [6.45, 7) is 9.94. The number of rotatable bonds is 6. The first-order chi connectivity index (χ1) is 9.78. The van der Waals surface area contributed by atoms with E-state index in [2.05, 4.69) is 24.6 Å². The van der Waals surface area contributed by atoms with Gasteiger partial charge in [-0.3, -0.25) is 0 Å². The van der Waals surface area contributed by atoms with Crippen molar-refractivity contribution in [3.63, 3.8) is 0 Å². The van der Waals surface area contributed by atoms with Crippen molar-refractivity contribution < 1.29 is 9.84 Å². The van der Waals surface area contributed by atoms with Crippen LogP contribution in [0.15, 0.2) is 18.5 Å². The van der Waals surface area contributed by atoms with E-state index in [0.29, 0.717) is 12.2 Å². The Morgan fingerprint density at radius 1 is 1.38 bits per heavy atom. The van der Waals surface area contributed by atoms with Gasteiger partial charge >= 0.3 is 0 Å². The fraction of sp³-hybridized carbons (Fsp3) is 0.533. The van der Waals surface area contributed by atoms with Crippen molar-refractivity contribution in [2.24, 2.45) is 0 Å². The van der Waals surface area contributed by atoms with Gasteiger partial charge < -0.3 is 14.4 Å². The van der Waals surface area contributed by atoms with Crippen LogP contribution in [0.1, 0.15) is 18.6 Å². The molecule has 1 aromatic carbocycles. The molecule has 2 radical (unpaired) electrons. The Hall–Kier alpha value is -1.11. The normalized spacial score (nSPS) is 13.8. The standard InChI is InChI=1S/C15H23BN2O2Si/c1-11(19)13-7-12(16)8-14-15(13)17-9-18(14)10-20-5-6-21(2,3)4/h7-9,11,19H,5-6,10H2,1-4H3. The molecule has 1 N–H and O–H groups in total. The second-order valence-corrected chi connectivity index (χ2v) is 12.3. The van der Waals surface area contributed by atoms with Gasteiger partial charge in [0.15, 0.2) is 0 Å². The van der Waals surface area contributed by atoms with E-state index in [-0.39, 0.29) is 0 Å². The molecule has 1 heterocycles. The van der Waals surface area contributed by atoms with Gasteiger partial charge in [0.05, 0.1) is 23.5 Å². The number of hydrogen-bond donors (Lipinski definition) is 1.